The predicted molar refractivity (Wildman–Crippen MR) is 63.1 cm³/mol. The molecule has 0 aliphatic heterocycles. The number of nitrogens with zero attached hydrogens (tertiary/aromatic N) is 5. The molecule has 6 heteroatoms. The van der Waals surface area contributed by atoms with Gasteiger partial charge < -0.3 is 5.73 Å². The molecule has 0 aliphatic carbocycles. The Kier molecular flexibility index (Phi) is 3.43. The zero-order valence-electron chi connectivity index (χ0n) is 10.0. The van der Waals surface area contributed by atoms with Gasteiger partial charge in [0.15, 0.2) is 5.82 Å². The Labute approximate surface area is 99.9 Å². The van der Waals surface area contributed by atoms with Crippen molar-refractivity contribution < 1.29 is 0 Å². The van der Waals surface area contributed by atoms with Crippen LogP contribution in [0.1, 0.15) is 36.5 Å². The molecule has 2 heterocycles. The lowest BCUT2D eigenvalue weighted by molar-refractivity contribution is 0.538. The Morgan fingerprint density at radius 2 is 2.00 bits per heavy atom. The Bertz CT molecular complexity index is 475. The molecule has 0 saturated heterocycles. The van der Waals surface area contributed by atoms with E-state index < -0.39 is 0 Å². The molecule has 17 heavy (non-hydrogen) atoms. The average molecular weight is 232 g/mol. The average Bonchev–Trinajstić information content (AvgIpc) is 2.78. The summed E-state index contributed by atoms with van der Waals surface area (Å²) >= 11 is 0. The summed E-state index contributed by atoms with van der Waals surface area (Å²) in [5.74, 6) is 0.593. The summed E-state index contributed by atoms with van der Waals surface area (Å²) < 4.78 is 1.80. The van der Waals surface area contributed by atoms with Gasteiger partial charge in [-0.1, -0.05) is 12.1 Å². The van der Waals surface area contributed by atoms with Gasteiger partial charge in [0.25, 0.3) is 0 Å². The minimum absolute atomic E-state index is 0.378. The van der Waals surface area contributed by atoms with Crippen LogP contribution in [-0.2, 0) is 6.54 Å². The second-order valence-corrected chi connectivity index (χ2v) is 3.98. The maximum atomic E-state index is 6.12. The molecule has 1 unspecified atom stereocenters. The maximum absolute atomic E-state index is 6.12. The molecule has 0 bridgehead atoms. The first kappa shape index (κ1) is 11.7. The van der Waals surface area contributed by atoms with Gasteiger partial charge >= 0.3 is 0 Å². The van der Waals surface area contributed by atoms with Gasteiger partial charge in [0, 0.05) is 18.9 Å². The van der Waals surface area contributed by atoms with Gasteiger partial charge in [0.2, 0.25) is 0 Å². The maximum Gasteiger partial charge on any atom is 0.151 e. The van der Waals surface area contributed by atoms with Crippen molar-refractivity contribution in [1.82, 2.24) is 25.0 Å². The highest BCUT2D eigenvalue weighted by Crippen LogP contribution is 2.14. The minimum atomic E-state index is -0.378. The molecule has 0 amide bonds. The van der Waals surface area contributed by atoms with E-state index in [4.69, 9.17) is 5.73 Å². The van der Waals surface area contributed by atoms with Gasteiger partial charge in [-0.25, -0.2) is 14.6 Å². The summed E-state index contributed by atoms with van der Waals surface area (Å²) in [6, 6.07) is -0.378. The third-order valence-corrected chi connectivity index (χ3v) is 2.48. The summed E-state index contributed by atoms with van der Waals surface area (Å²) in [5.41, 5.74) is 7.97. The number of aromatic nitrogens is 5. The fourth-order valence-corrected chi connectivity index (χ4v) is 1.59. The van der Waals surface area contributed by atoms with Gasteiger partial charge in [0.05, 0.1) is 11.9 Å². The number of rotatable bonds is 4. The highest BCUT2D eigenvalue weighted by molar-refractivity contribution is 5.14. The number of aryl methyl sites for hydroxylation is 2. The van der Waals surface area contributed by atoms with Crippen molar-refractivity contribution >= 4 is 0 Å². The lowest BCUT2D eigenvalue weighted by atomic mass is 10.2. The number of hydrogen-bond acceptors (Lipinski definition) is 5. The van der Waals surface area contributed by atoms with Crippen molar-refractivity contribution in [2.75, 3.05) is 0 Å². The molecule has 2 aromatic heterocycles. The lowest BCUT2D eigenvalue weighted by Crippen LogP contribution is -2.20. The molecule has 90 valence electrons. The quantitative estimate of drug-likeness (QED) is 0.844. The Morgan fingerprint density at radius 1 is 1.29 bits per heavy atom. The second-order valence-electron chi connectivity index (χ2n) is 3.98. The van der Waals surface area contributed by atoms with Crippen LogP contribution in [0.15, 0.2) is 18.6 Å². The van der Waals surface area contributed by atoms with Crippen LogP contribution < -0.4 is 5.73 Å². The van der Waals surface area contributed by atoms with E-state index in [2.05, 4.69) is 27.2 Å². The molecule has 0 fully saturated rings. The van der Waals surface area contributed by atoms with E-state index in [0.29, 0.717) is 5.82 Å². The molecule has 2 aromatic rings. The molecule has 0 aliphatic rings. The van der Waals surface area contributed by atoms with E-state index in [0.717, 1.165) is 24.2 Å². The van der Waals surface area contributed by atoms with Gasteiger partial charge in [0.1, 0.15) is 6.04 Å². The van der Waals surface area contributed by atoms with E-state index in [1.807, 2.05) is 6.92 Å². The fourth-order valence-electron chi connectivity index (χ4n) is 1.59. The largest absolute Gasteiger partial charge is 0.316 e. The molecule has 1 atom stereocenters. The van der Waals surface area contributed by atoms with E-state index in [1.54, 1.807) is 23.3 Å². The Hall–Kier alpha value is -1.82. The van der Waals surface area contributed by atoms with E-state index in [1.165, 1.54) is 0 Å². The summed E-state index contributed by atoms with van der Waals surface area (Å²) in [5, 5.41) is 7.88. The standard InChI is InChI=1S/C11H16N6/c1-3-4-17-9(7-15-16-17)10(12)11-13-5-8(2)6-14-11/h5-7,10H,3-4,12H2,1-2H3. The third-order valence-electron chi connectivity index (χ3n) is 2.48. The molecule has 2 N–H and O–H groups in total. The predicted octanol–water partition coefficient (Wildman–Crippen LogP) is 0.835. The van der Waals surface area contributed by atoms with Gasteiger partial charge in [-0.2, -0.15) is 0 Å². The minimum Gasteiger partial charge on any atom is -0.316 e. The molecule has 6 nitrogen and oxygen atoms in total. The van der Waals surface area contributed by atoms with Gasteiger partial charge in [-0.15, -0.1) is 5.10 Å². The summed E-state index contributed by atoms with van der Waals surface area (Å²) in [7, 11) is 0. The zero-order chi connectivity index (χ0) is 12.3. The van der Waals surface area contributed by atoms with Crippen molar-refractivity contribution in [2.45, 2.75) is 32.9 Å². The molecular weight excluding hydrogens is 216 g/mol. The monoisotopic (exact) mass is 232 g/mol. The van der Waals surface area contributed by atoms with Crippen molar-refractivity contribution in [1.29, 1.82) is 0 Å². The molecule has 2 rings (SSSR count). The first-order chi connectivity index (χ1) is 8.22. The van der Waals surface area contributed by atoms with Gasteiger partial charge in [-0.3, -0.25) is 0 Å². The third kappa shape index (κ3) is 2.47. The van der Waals surface area contributed by atoms with Crippen molar-refractivity contribution in [3.05, 3.63) is 35.7 Å². The summed E-state index contributed by atoms with van der Waals surface area (Å²) in [4.78, 5) is 8.46. The van der Waals surface area contributed by atoms with E-state index in [-0.39, 0.29) is 6.04 Å². The summed E-state index contributed by atoms with van der Waals surface area (Å²) in [6.45, 7) is 4.83. The van der Waals surface area contributed by atoms with Crippen LogP contribution in [0.5, 0.6) is 0 Å². The smallest absolute Gasteiger partial charge is 0.151 e. The van der Waals surface area contributed by atoms with Crippen molar-refractivity contribution in [2.24, 2.45) is 5.73 Å². The second kappa shape index (κ2) is 5.01. The van der Waals surface area contributed by atoms with Crippen LogP contribution in [0.3, 0.4) is 0 Å². The van der Waals surface area contributed by atoms with E-state index in [9.17, 15) is 0 Å². The van der Waals surface area contributed by atoms with Crippen LogP contribution in [0, 0.1) is 6.92 Å². The number of hydrogen-bond donors (Lipinski definition) is 1. The lowest BCUT2D eigenvalue weighted by Gasteiger charge is -2.11. The van der Waals surface area contributed by atoms with Crippen molar-refractivity contribution in [3.8, 4) is 0 Å². The molecule has 0 saturated carbocycles. The first-order valence-corrected chi connectivity index (χ1v) is 5.65. The van der Waals surface area contributed by atoms with E-state index >= 15 is 0 Å². The number of nitrogens with two attached hydrogens (primary N) is 1. The Balaban J connectivity index is 2.26. The van der Waals surface area contributed by atoms with Crippen molar-refractivity contribution in [3.63, 3.8) is 0 Å². The van der Waals surface area contributed by atoms with Gasteiger partial charge in [-0.05, 0) is 18.9 Å². The highest BCUT2D eigenvalue weighted by Gasteiger charge is 2.16. The zero-order valence-corrected chi connectivity index (χ0v) is 10.0. The highest BCUT2D eigenvalue weighted by atomic mass is 15.4. The fraction of sp³-hybridized carbons (Fsp3) is 0.455. The van der Waals surface area contributed by atoms with Crippen LogP contribution in [0.4, 0.5) is 0 Å². The SMILES string of the molecule is CCCn1nncc1C(N)c1ncc(C)cn1. The molecule has 0 radical (unpaired) electrons. The van der Waals surface area contributed by atoms with Crippen LogP contribution in [0.25, 0.3) is 0 Å². The van der Waals surface area contributed by atoms with Crippen LogP contribution >= 0.6 is 0 Å². The molecule has 0 spiro atoms. The molecular formula is C11H16N6. The molecule has 0 aromatic carbocycles. The topological polar surface area (TPSA) is 82.5 Å². The first-order valence-electron chi connectivity index (χ1n) is 5.65. The Morgan fingerprint density at radius 3 is 2.65 bits per heavy atom. The normalized spacial score (nSPS) is 12.6. The summed E-state index contributed by atoms with van der Waals surface area (Å²) in [6.07, 6.45) is 6.17. The van der Waals surface area contributed by atoms with Crippen LogP contribution in [-0.4, -0.2) is 25.0 Å². The van der Waals surface area contributed by atoms with Crippen LogP contribution in [0.2, 0.25) is 0 Å².